The summed E-state index contributed by atoms with van der Waals surface area (Å²) in [7, 11) is 0. The molecule has 0 heterocycles. The van der Waals surface area contributed by atoms with Gasteiger partial charge in [-0.1, -0.05) is 12.1 Å². The van der Waals surface area contributed by atoms with Crippen LogP contribution in [-0.2, 0) is 11.2 Å². The standard InChI is InChI=1S/C10H9F3N2O3/c11-10(12,13)15-9(18)14-7-3-1-6(2-4-7)5-8(16)17/h1-4H,5H2,(H,16,17)(H2,14,15,18). The minimum atomic E-state index is -4.80. The summed E-state index contributed by atoms with van der Waals surface area (Å²) in [5.74, 6) is -1.02. The Kier molecular flexibility index (Phi) is 4.13. The molecule has 1 aromatic carbocycles. The summed E-state index contributed by atoms with van der Waals surface area (Å²) in [6.07, 6.45) is -5.00. The fourth-order valence-corrected chi connectivity index (χ4v) is 1.17. The summed E-state index contributed by atoms with van der Waals surface area (Å²) in [6, 6.07) is 4.02. The first-order valence-corrected chi connectivity index (χ1v) is 4.73. The average Bonchev–Trinajstić information content (AvgIpc) is 2.17. The molecule has 0 fully saturated rings. The Bertz CT molecular complexity index is 443. The predicted octanol–water partition coefficient (Wildman–Crippen LogP) is 1.95. The van der Waals surface area contributed by atoms with E-state index in [4.69, 9.17) is 5.11 Å². The number of rotatable bonds is 3. The highest BCUT2D eigenvalue weighted by Crippen LogP contribution is 2.12. The molecule has 0 aliphatic carbocycles. The molecule has 0 spiro atoms. The summed E-state index contributed by atoms with van der Waals surface area (Å²) in [5.41, 5.74) is 0.607. The molecule has 0 saturated heterocycles. The van der Waals surface area contributed by atoms with Gasteiger partial charge in [0, 0.05) is 5.69 Å². The van der Waals surface area contributed by atoms with Gasteiger partial charge in [-0.25, -0.2) is 10.1 Å². The van der Waals surface area contributed by atoms with Crippen molar-refractivity contribution in [3.8, 4) is 0 Å². The molecule has 1 rings (SSSR count). The van der Waals surface area contributed by atoms with Gasteiger partial charge in [0.1, 0.15) is 0 Å². The van der Waals surface area contributed by atoms with E-state index in [1.807, 2.05) is 5.32 Å². The summed E-state index contributed by atoms with van der Waals surface area (Å²) in [5, 5.41) is 11.2. The first-order chi connectivity index (χ1) is 8.26. The topological polar surface area (TPSA) is 78.4 Å². The molecular formula is C10H9F3N2O3. The van der Waals surface area contributed by atoms with Gasteiger partial charge in [0.05, 0.1) is 6.42 Å². The van der Waals surface area contributed by atoms with Crippen LogP contribution in [0.1, 0.15) is 5.56 Å². The molecule has 0 unspecified atom stereocenters. The third-order valence-electron chi connectivity index (χ3n) is 1.82. The first-order valence-electron chi connectivity index (χ1n) is 4.73. The molecule has 8 heteroatoms. The van der Waals surface area contributed by atoms with Gasteiger partial charge in [-0.2, -0.15) is 13.2 Å². The van der Waals surface area contributed by atoms with Gasteiger partial charge in [-0.15, -0.1) is 0 Å². The van der Waals surface area contributed by atoms with Gasteiger partial charge in [-0.3, -0.25) is 4.79 Å². The van der Waals surface area contributed by atoms with Crippen LogP contribution in [0.25, 0.3) is 0 Å². The minimum absolute atomic E-state index is 0.130. The number of benzene rings is 1. The van der Waals surface area contributed by atoms with Crippen LogP contribution in [0.15, 0.2) is 24.3 Å². The van der Waals surface area contributed by atoms with Crippen molar-refractivity contribution in [1.29, 1.82) is 0 Å². The highest BCUT2D eigenvalue weighted by Gasteiger charge is 2.29. The summed E-state index contributed by atoms with van der Waals surface area (Å²) in [4.78, 5) is 21.2. The number of carbonyl (C=O) groups excluding carboxylic acids is 1. The van der Waals surface area contributed by atoms with Crippen LogP contribution >= 0.6 is 0 Å². The van der Waals surface area contributed by atoms with Crippen molar-refractivity contribution >= 4 is 17.7 Å². The number of halogens is 3. The van der Waals surface area contributed by atoms with E-state index in [0.29, 0.717) is 5.56 Å². The van der Waals surface area contributed by atoms with Gasteiger partial charge in [0.25, 0.3) is 0 Å². The number of aliphatic carboxylic acids is 1. The molecule has 5 nitrogen and oxygen atoms in total. The van der Waals surface area contributed by atoms with E-state index in [-0.39, 0.29) is 12.1 Å². The fourth-order valence-electron chi connectivity index (χ4n) is 1.17. The van der Waals surface area contributed by atoms with Crippen molar-refractivity contribution in [2.75, 3.05) is 5.32 Å². The lowest BCUT2D eigenvalue weighted by molar-refractivity contribution is -0.144. The van der Waals surface area contributed by atoms with Crippen molar-refractivity contribution in [1.82, 2.24) is 5.32 Å². The van der Waals surface area contributed by atoms with Crippen LogP contribution in [0, 0.1) is 0 Å². The minimum Gasteiger partial charge on any atom is -0.481 e. The van der Waals surface area contributed by atoms with Crippen LogP contribution in [0.2, 0.25) is 0 Å². The van der Waals surface area contributed by atoms with Gasteiger partial charge in [0.15, 0.2) is 0 Å². The zero-order chi connectivity index (χ0) is 13.8. The first kappa shape index (κ1) is 13.8. The second-order valence-corrected chi connectivity index (χ2v) is 3.34. The Morgan fingerprint density at radius 1 is 1.17 bits per heavy atom. The number of urea groups is 1. The molecule has 0 radical (unpaired) electrons. The number of anilines is 1. The SMILES string of the molecule is O=C(O)Cc1ccc(NC(=O)NC(F)(F)F)cc1. The molecule has 0 bridgehead atoms. The lowest BCUT2D eigenvalue weighted by Crippen LogP contribution is -2.40. The maximum Gasteiger partial charge on any atom is 0.485 e. The third-order valence-corrected chi connectivity index (χ3v) is 1.82. The Balaban J connectivity index is 2.58. The van der Waals surface area contributed by atoms with Crippen LogP contribution in [0.4, 0.5) is 23.7 Å². The van der Waals surface area contributed by atoms with Gasteiger partial charge < -0.3 is 10.4 Å². The zero-order valence-corrected chi connectivity index (χ0v) is 8.91. The van der Waals surface area contributed by atoms with Crippen molar-refractivity contribution in [2.24, 2.45) is 0 Å². The lowest BCUT2D eigenvalue weighted by atomic mass is 10.1. The Morgan fingerprint density at radius 3 is 2.17 bits per heavy atom. The second kappa shape index (κ2) is 5.39. The van der Waals surface area contributed by atoms with Crippen LogP contribution < -0.4 is 10.6 Å². The quantitative estimate of drug-likeness (QED) is 0.728. The Labute approximate surface area is 99.6 Å². The molecule has 1 aromatic rings. The number of carboxylic acids is 1. The molecule has 2 amide bonds. The summed E-state index contributed by atoms with van der Waals surface area (Å²) < 4.78 is 35.3. The van der Waals surface area contributed by atoms with E-state index in [9.17, 15) is 22.8 Å². The molecule has 18 heavy (non-hydrogen) atoms. The van der Waals surface area contributed by atoms with E-state index in [1.165, 1.54) is 24.3 Å². The molecule has 98 valence electrons. The fraction of sp³-hybridized carbons (Fsp3) is 0.200. The van der Waals surface area contributed by atoms with E-state index in [2.05, 4.69) is 0 Å². The van der Waals surface area contributed by atoms with Crippen LogP contribution in [0.5, 0.6) is 0 Å². The molecular weight excluding hydrogens is 253 g/mol. The van der Waals surface area contributed by atoms with Crippen molar-refractivity contribution in [3.05, 3.63) is 29.8 Å². The largest absolute Gasteiger partial charge is 0.485 e. The van der Waals surface area contributed by atoms with E-state index < -0.39 is 18.3 Å². The highest BCUT2D eigenvalue weighted by molar-refractivity contribution is 5.89. The highest BCUT2D eigenvalue weighted by atomic mass is 19.4. The number of nitrogens with one attached hydrogen (secondary N) is 2. The number of amides is 2. The third kappa shape index (κ3) is 5.19. The summed E-state index contributed by atoms with van der Waals surface area (Å²) >= 11 is 0. The monoisotopic (exact) mass is 262 g/mol. The van der Waals surface area contributed by atoms with Crippen molar-refractivity contribution < 1.29 is 27.9 Å². The van der Waals surface area contributed by atoms with Crippen LogP contribution in [0.3, 0.4) is 0 Å². The molecule has 0 aliphatic heterocycles. The summed E-state index contributed by atoms with van der Waals surface area (Å²) in [6.45, 7) is 0. The number of carbonyl (C=O) groups is 2. The van der Waals surface area contributed by atoms with Gasteiger partial charge >= 0.3 is 18.3 Å². The zero-order valence-electron chi connectivity index (χ0n) is 8.91. The van der Waals surface area contributed by atoms with Gasteiger partial charge in [0.2, 0.25) is 0 Å². The van der Waals surface area contributed by atoms with Crippen LogP contribution in [-0.4, -0.2) is 23.4 Å². The van der Waals surface area contributed by atoms with Crippen molar-refractivity contribution in [3.63, 3.8) is 0 Å². The van der Waals surface area contributed by atoms with Crippen molar-refractivity contribution in [2.45, 2.75) is 12.7 Å². The molecule has 0 saturated carbocycles. The maximum absolute atomic E-state index is 11.8. The number of hydrogen-bond donors (Lipinski definition) is 3. The number of hydrogen-bond acceptors (Lipinski definition) is 2. The molecule has 0 aromatic heterocycles. The van der Waals surface area contributed by atoms with E-state index >= 15 is 0 Å². The Morgan fingerprint density at radius 2 is 1.72 bits per heavy atom. The lowest BCUT2D eigenvalue weighted by Gasteiger charge is -2.10. The second-order valence-electron chi connectivity index (χ2n) is 3.34. The smallest absolute Gasteiger partial charge is 0.481 e. The molecule has 3 N–H and O–H groups in total. The predicted molar refractivity (Wildman–Crippen MR) is 56.0 cm³/mol. The average molecular weight is 262 g/mol. The Hall–Kier alpha value is -2.25. The molecule has 0 atom stereocenters. The number of carboxylic acid groups (broad SMARTS) is 1. The maximum atomic E-state index is 11.8. The van der Waals surface area contributed by atoms with Gasteiger partial charge in [-0.05, 0) is 17.7 Å². The molecule has 0 aliphatic rings. The normalized spacial score (nSPS) is 10.8. The number of alkyl halides is 3. The van der Waals surface area contributed by atoms with E-state index in [1.54, 1.807) is 0 Å². The van der Waals surface area contributed by atoms with E-state index in [0.717, 1.165) is 5.32 Å².